The number of nitrogens with zero attached hydrogens (tertiary/aromatic N) is 1. The van der Waals surface area contributed by atoms with Crippen molar-refractivity contribution < 1.29 is 9.53 Å². The van der Waals surface area contributed by atoms with Gasteiger partial charge in [0, 0.05) is 30.6 Å². The average Bonchev–Trinajstić information content (AvgIpc) is 3.31. The monoisotopic (exact) mass is 343 g/mol. The molecule has 1 saturated carbocycles. The van der Waals surface area contributed by atoms with E-state index in [-0.39, 0.29) is 11.9 Å². The van der Waals surface area contributed by atoms with Gasteiger partial charge in [-0.2, -0.15) is 0 Å². The molecule has 0 radical (unpaired) electrons. The van der Waals surface area contributed by atoms with Crippen molar-refractivity contribution in [3.05, 3.63) is 24.3 Å². The van der Waals surface area contributed by atoms with Gasteiger partial charge in [-0.25, -0.2) is 0 Å². The van der Waals surface area contributed by atoms with Crippen LogP contribution in [-0.2, 0) is 9.53 Å². The number of nitrogens with one attached hydrogen (secondary N) is 2. The lowest BCUT2D eigenvalue weighted by Gasteiger charge is -2.26. The molecule has 3 aliphatic rings. The Morgan fingerprint density at radius 3 is 2.28 bits per heavy atom. The van der Waals surface area contributed by atoms with Crippen molar-refractivity contribution in [1.29, 1.82) is 0 Å². The zero-order chi connectivity index (χ0) is 17.1. The molecule has 2 saturated heterocycles. The van der Waals surface area contributed by atoms with Gasteiger partial charge in [0.15, 0.2) is 0 Å². The number of ether oxygens (including phenoxy) is 1. The number of carbonyl (C=O) groups excluding carboxylic acids is 1. The van der Waals surface area contributed by atoms with E-state index in [1.165, 1.54) is 25.7 Å². The maximum atomic E-state index is 12.8. The Balaban J connectivity index is 1.34. The van der Waals surface area contributed by atoms with Crippen molar-refractivity contribution >= 4 is 17.3 Å². The highest BCUT2D eigenvalue weighted by atomic mass is 16.5. The van der Waals surface area contributed by atoms with E-state index in [4.69, 9.17) is 4.74 Å². The SMILES string of the molecule is O=C(Nc1ccc(NC2CCOCC2)cc1)[C@H](C1CC1)N1CCCC1. The molecule has 1 amide bonds. The highest BCUT2D eigenvalue weighted by Crippen LogP contribution is 2.37. The van der Waals surface area contributed by atoms with E-state index in [9.17, 15) is 4.79 Å². The molecule has 1 aromatic carbocycles. The highest BCUT2D eigenvalue weighted by molar-refractivity contribution is 5.95. The fourth-order valence-corrected chi connectivity index (χ4v) is 4.05. The maximum absolute atomic E-state index is 12.8. The molecular weight excluding hydrogens is 314 g/mol. The first-order chi connectivity index (χ1) is 12.3. The Hall–Kier alpha value is -1.59. The number of anilines is 2. The van der Waals surface area contributed by atoms with E-state index >= 15 is 0 Å². The summed E-state index contributed by atoms with van der Waals surface area (Å²) < 4.78 is 5.40. The van der Waals surface area contributed by atoms with Gasteiger partial charge in [-0.1, -0.05) is 0 Å². The molecule has 2 aliphatic heterocycles. The minimum Gasteiger partial charge on any atom is -0.382 e. The third-order valence-corrected chi connectivity index (χ3v) is 5.62. The molecule has 136 valence electrons. The van der Waals surface area contributed by atoms with Gasteiger partial charge < -0.3 is 15.4 Å². The third-order valence-electron chi connectivity index (χ3n) is 5.62. The summed E-state index contributed by atoms with van der Waals surface area (Å²) in [6, 6.07) is 8.70. The number of hydrogen-bond donors (Lipinski definition) is 2. The molecule has 3 fully saturated rings. The van der Waals surface area contributed by atoms with Crippen LogP contribution in [0.15, 0.2) is 24.3 Å². The van der Waals surface area contributed by atoms with Crippen LogP contribution in [0.25, 0.3) is 0 Å². The Labute approximate surface area is 150 Å². The lowest BCUT2D eigenvalue weighted by Crippen LogP contribution is -2.44. The van der Waals surface area contributed by atoms with E-state index in [1.54, 1.807) is 0 Å². The summed E-state index contributed by atoms with van der Waals surface area (Å²) in [5, 5.41) is 6.70. The van der Waals surface area contributed by atoms with Crippen molar-refractivity contribution in [3.63, 3.8) is 0 Å². The molecule has 0 bridgehead atoms. The van der Waals surface area contributed by atoms with Gasteiger partial charge in [-0.15, -0.1) is 0 Å². The van der Waals surface area contributed by atoms with Crippen LogP contribution in [0, 0.1) is 5.92 Å². The zero-order valence-electron chi connectivity index (χ0n) is 14.9. The predicted molar refractivity (Wildman–Crippen MR) is 99.9 cm³/mol. The van der Waals surface area contributed by atoms with Gasteiger partial charge in [0.1, 0.15) is 0 Å². The highest BCUT2D eigenvalue weighted by Gasteiger charge is 2.40. The molecule has 0 unspecified atom stereocenters. The van der Waals surface area contributed by atoms with Crippen LogP contribution in [0.1, 0.15) is 38.5 Å². The van der Waals surface area contributed by atoms with E-state index in [2.05, 4.69) is 27.7 Å². The molecule has 2 heterocycles. The average molecular weight is 343 g/mol. The van der Waals surface area contributed by atoms with Crippen molar-refractivity contribution in [1.82, 2.24) is 4.90 Å². The van der Waals surface area contributed by atoms with E-state index < -0.39 is 0 Å². The fourth-order valence-electron chi connectivity index (χ4n) is 4.05. The van der Waals surface area contributed by atoms with Crippen LogP contribution in [-0.4, -0.2) is 49.2 Å². The Bertz CT molecular complexity index is 573. The number of likely N-dealkylation sites (tertiary alicyclic amines) is 1. The summed E-state index contributed by atoms with van der Waals surface area (Å²) in [5.41, 5.74) is 2.01. The van der Waals surface area contributed by atoms with Crippen molar-refractivity contribution in [3.8, 4) is 0 Å². The summed E-state index contributed by atoms with van der Waals surface area (Å²) in [7, 11) is 0. The minimum atomic E-state index is 0.0718. The fraction of sp³-hybridized carbons (Fsp3) is 0.650. The Morgan fingerprint density at radius 2 is 1.64 bits per heavy atom. The van der Waals surface area contributed by atoms with Gasteiger partial charge in [0.25, 0.3) is 0 Å². The number of hydrogen-bond acceptors (Lipinski definition) is 4. The Morgan fingerprint density at radius 1 is 1.00 bits per heavy atom. The molecule has 5 heteroatoms. The van der Waals surface area contributed by atoms with Crippen molar-refractivity contribution in [2.75, 3.05) is 36.9 Å². The quantitative estimate of drug-likeness (QED) is 0.833. The van der Waals surface area contributed by atoms with Gasteiger partial charge in [0.05, 0.1) is 6.04 Å². The lowest BCUT2D eigenvalue weighted by atomic mass is 10.1. The van der Waals surface area contributed by atoms with Crippen LogP contribution in [0.3, 0.4) is 0 Å². The smallest absolute Gasteiger partial charge is 0.242 e. The van der Waals surface area contributed by atoms with Gasteiger partial charge in [-0.05, 0) is 81.8 Å². The number of carbonyl (C=O) groups is 1. The zero-order valence-corrected chi connectivity index (χ0v) is 14.9. The molecule has 1 atom stereocenters. The van der Waals surface area contributed by atoms with E-state index in [1.807, 2.05) is 12.1 Å². The second kappa shape index (κ2) is 7.75. The maximum Gasteiger partial charge on any atom is 0.242 e. The van der Waals surface area contributed by atoms with Crippen LogP contribution in [0.5, 0.6) is 0 Å². The third kappa shape index (κ3) is 4.33. The molecule has 1 aromatic rings. The minimum absolute atomic E-state index is 0.0718. The van der Waals surface area contributed by atoms with Crippen molar-refractivity contribution in [2.24, 2.45) is 5.92 Å². The summed E-state index contributed by atoms with van der Waals surface area (Å²) in [5.74, 6) is 0.738. The van der Waals surface area contributed by atoms with Crippen LogP contribution < -0.4 is 10.6 Å². The van der Waals surface area contributed by atoms with Crippen LogP contribution >= 0.6 is 0 Å². The number of benzene rings is 1. The Kier molecular flexibility index (Phi) is 5.22. The summed E-state index contributed by atoms with van der Waals surface area (Å²) >= 11 is 0. The molecule has 4 rings (SSSR count). The normalized spacial score (nSPS) is 23.4. The van der Waals surface area contributed by atoms with E-state index in [0.717, 1.165) is 50.5 Å². The van der Waals surface area contributed by atoms with Gasteiger partial charge in [0.2, 0.25) is 5.91 Å². The molecule has 0 spiro atoms. The molecule has 0 aromatic heterocycles. The summed E-state index contributed by atoms with van der Waals surface area (Å²) in [6.07, 6.45) is 6.95. The number of amides is 1. The molecule has 2 N–H and O–H groups in total. The topological polar surface area (TPSA) is 53.6 Å². The molecule has 5 nitrogen and oxygen atoms in total. The summed E-state index contributed by atoms with van der Waals surface area (Å²) in [6.45, 7) is 3.82. The summed E-state index contributed by atoms with van der Waals surface area (Å²) in [4.78, 5) is 15.2. The van der Waals surface area contributed by atoms with Crippen LogP contribution in [0.2, 0.25) is 0 Å². The first kappa shape index (κ1) is 16.9. The molecule has 25 heavy (non-hydrogen) atoms. The second-order valence-electron chi connectivity index (χ2n) is 7.62. The molecular formula is C20H29N3O2. The first-order valence-corrected chi connectivity index (χ1v) is 9.79. The standard InChI is InChI=1S/C20H29N3O2/c24-20(19(15-3-4-15)23-11-1-2-12-23)22-17-7-5-16(6-8-17)21-18-9-13-25-14-10-18/h5-8,15,18-19,21H,1-4,9-14H2,(H,22,24)/t19-/m0/s1. The molecule has 1 aliphatic carbocycles. The van der Waals surface area contributed by atoms with Crippen molar-refractivity contribution in [2.45, 2.75) is 50.6 Å². The second-order valence-corrected chi connectivity index (χ2v) is 7.62. The number of rotatable bonds is 6. The lowest BCUT2D eigenvalue weighted by molar-refractivity contribution is -0.121. The predicted octanol–water partition coefficient (Wildman–Crippen LogP) is 3.09. The van der Waals surface area contributed by atoms with Gasteiger partial charge >= 0.3 is 0 Å². The first-order valence-electron chi connectivity index (χ1n) is 9.79. The van der Waals surface area contributed by atoms with Crippen LogP contribution in [0.4, 0.5) is 11.4 Å². The van der Waals surface area contributed by atoms with Gasteiger partial charge in [-0.3, -0.25) is 9.69 Å². The largest absolute Gasteiger partial charge is 0.382 e. The van der Waals surface area contributed by atoms with E-state index in [0.29, 0.717) is 12.0 Å².